The van der Waals surface area contributed by atoms with Crippen molar-refractivity contribution >= 4 is 0 Å². The molecule has 0 bridgehead atoms. The van der Waals surface area contributed by atoms with Crippen LogP contribution >= 0.6 is 0 Å². The van der Waals surface area contributed by atoms with E-state index < -0.39 is 0 Å². The molecular formula is C30H48O. The van der Waals surface area contributed by atoms with Crippen LogP contribution < -0.4 is 0 Å². The third-order valence-corrected chi connectivity index (χ3v) is 12.4. The van der Waals surface area contributed by atoms with Crippen LogP contribution in [0.1, 0.15) is 113 Å². The zero-order chi connectivity index (χ0) is 22.7. The van der Waals surface area contributed by atoms with Gasteiger partial charge in [-0.15, -0.1) is 0 Å². The second kappa shape index (κ2) is 6.31. The maximum Gasteiger partial charge on any atom is 0.0594 e. The predicted molar refractivity (Wildman–Crippen MR) is 131 cm³/mol. The van der Waals surface area contributed by atoms with E-state index in [4.69, 9.17) is 0 Å². The van der Waals surface area contributed by atoms with Crippen LogP contribution in [0.15, 0.2) is 23.3 Å². The Balaban J connectivity index is 1.63. The van der Waals surface area contributed by atoms with Crippen molar-refractivity contribution in [3.63, 3.8) is 0 Å². The molecule has 0 heterocycles. The molecule has 31 heavy (non-hydrogen) atoms. The summed E-state index contributed by atoms with van der Waals surface area (Å²) in [6.07, 6.45) is 16.7. The monoisotopic (exact) mass is 424 g/mol. The minimum Gasteiger partial charge on any atom is -0.393 e. The molecule has 0 aromatic rings. The first-order valence-corrected chi connectivity index (χ1v) is 13.3. The fourth-order valence-electron chi connectivity index (χ4n) is 9.81. The third-order valence-electron chi connectivity index (χ3n) is 12.4. The molecule has 7 atom stereocenters. The van der Waals surface area contributed by atoms with Gasteiger partial charge in [-0.25, -0.2) is 0 Å². The molecule has 0 radical (unpaired) electrons. The lowest BCUT2D eigenvalue weighted by Crippen LogP contribution is -2.60. The molecule has 1 N–H and O–H groups in total. The van der Waals surface area contributed by atoms with E-state index in [1.165, 1.54) is 44.9 Å². The lowest BCUT2D eigenvalue weighted by atomic mass is 9.36. The molecule has 1 heteroatoms. The fourth-order valence-corrected chi connectivity index (χ4v) is 9.81. The van der Waals surface area contributed by atoms with E-state index in [1.807, 2.05) is 0 Å². The number of allylic oxidation sites excluding steroid dienone is 4. The maximum atomic E-state index is 10.9. The van der Waals surface area contributed by atoms with Crippen molar-refractivity contribution in [3.8, 4) is 0 Å². The summed E-state index contributed by atoms with van der Waals surface area (Å²) in [6, 6.07) is 0. The van der Waals surface area contributed by atoms with Crippen LogP contribution in [0.25, 0.3) is 0 Å². The van der Waals surface area contributed by atoms with E-state index in [-0.39, 0.29) is 22.3 Å². The number of aliphatic hydroxyl groups excluding tert-OH is 1. The molecule has 4 saturated carbocycles. The Bertz CT molecular complexity index is 844. The molecule has 5 aliphatic rings. The van der Waals surface area contributed by atoms with Gasteiger partial charge in [-0.1, -0.05) is 78.7 Å². The normalized spacial score (nSPS) is 52.6. The highest BCUT2D eigenvalue weighted by atomic mass is 16.3. The van der Waals surface area contributed by atoms with Crippen molar-refractivity contribution < 1.29 is 5.11 Å². The zero-order valence-corrected chi connectivity index (χ0v) is 21.7. The molecular weight excluding hydrogens is 376 g/mol. The Labute approximate surface area is 192 Å². The van der Waals surface area contributed by atoms with Gasteiger partial charge in [0.15, 0.2) is 0 Å². The highest BCUT2D eigenvalue weighted by Gasteiger charge is 2.65. The van der Waals surface area contributed by atoms with Gasteiger partial charge in [0, 0.05) is 0 Å². The van der Waals surface area contributed by atoms with Crippen molar-refractivity contribution in [3.05, 3.63) is 23.3 Å². The van der Waals surface area contributed by atoms with Crippen LogP contribution in [0, 0.1) is 44.3 Å². The highest BCUT2D eigenvalue weighted by molar-refractivity contribution is 5.45. The summed E-state index contributed by atoms with van der Waals surface area (Å²) in [4.78, 5) is 0. The SMILES string of the molecule is CC1(C)CC[C@]2(C)CC[C@]3(C)C(=CC=C4[C@@]5(C)CC[C@@H](O)C(C)(C)[C@H]5CC[C@]43C)[C@H]2C1. The fraction of sp³-hybridized carbons (Fsp3) is 0.867. The van der Waals surface area contributed by atoms with Crippen molar-refractivity contribution in [1.82, 2.24) is 0 Å². The smallest absolute Gasteiger partial charge is 0.0594 e. The molecule has 0 spiro atoms. The van der Waals surface area contributed by atoms with Crippen molar-refractivity contribution in [2.75, 3.05) is 0 Å². The molecule has 4 fully saturated rings. The van der Waals surface area contributed by atoms with Crippen molar-refractivity contribution in [2.45, 2.75) is 119 Å². The first kappa shape index (κ1) is 22.2. The van der Waals surface area contributed by atoms with Gasteiger partial charge in [-0.2, -0.15) is 0 Å². The summed E-state index contributed by atoms with van der Waals surface area (Å²) in [7, 11) is 0. The molecule has 0 aliphatic heterocycles. The minimum atomic E-state index is -0.152. The zero-order valence-electron chi connectivity index (χ0n) is 21.7. The average molecular weight is 425 g/mol. The Morgan fingerprint density at radius 3 is 2.13 bits per heavy atom. The Kier molecular flexibility index (Phi) is 4.53. The first-order valence-electron chi connectivity index (χ1n) is 13.3. The lowest BCUT2D eigenvalue weighted by molar-refractivity contribution is -0.125. The van der Waals surface area contributed by atoms with Crippen LogP contribution in [0.5, 0.6) is 0 Å². The number of hydrogen-bond acceptors (Lipinski definition) is 1. The van der Waals surface area contributed by atoms with Crippen molar-refractivity contribution in [2.24, 2.45) is 44.3 Å². The topological polar surface area (TPSA) is 20.2 Å². The molecule has 1 nitrogen and oxygen atoms in total. The van der Waals surface area contributed by atoms with E-state index in [0.29, 0.717) is 22.2 Å². The standard InChI is InChI=1S/C30H48O/c1-25(2)15-16-27(5)17-18-29(7)20(21(27)19-25)9-10-23-28(6)13-12-24(31)26(3,4)22(28)11-14-30(23,29)8/h9-10,21-22,24,31H,11-19H2,1-8H3/t21-,22-,24-,27-,28+,29-,30-/m1/s1. The minimum absolute atomic E-state index is 0.0125. The van der Waals surface area contributed by atoms with E-state index in [2.05, 4.69) is 67.5 Å². The molecule has 5 rings (SSSR count). The van der Waals surface area contributed by atoms with Crippen LogP contribution in [-0.2, 0) is 0 Å². The summed E-state index contributed by atoms with van der Waals surface area (Å²) in [5.74, 6) is 1.34. The summed E-state index contributed by atoms with van der Waals surface area (Å²) in [6.45, 7) is 20.2. The Hall–Kier alpha value is -0.560. The summed E-state index contributed by atoms with van der Waals surface area (Å²) in [5, 5.41) is 10.9. The lowest BCUT2D eigenvalue weighted by Gasteiger charge is -2.68. The predicted octanol–water partition coefficient (Wildman–Crippen LogP) is 8.09. The largest absolute Gasteiger partial charge is 0.393 e. The Morgan fingerprint density at radius 2 is 1.42 bits per heavy atom. The molecule has 0 unspecified atom stereocenters. The molecule has 0 aromatic heterocycles. The van der Waals surface area contributed by atoms with Crippen molar-refractivity contribution in [1.29, 1.82) is 0 Å². The van der Waals surface area contributed by atoms with E-state index in [9.17, 15) is 5.11 Å². The van der Waals surface area contributed by atoms with Gasteiger partial charge >= 0.3 is 0 Å². The summed E-state index contributed by atoms with van der Waals surface area (Å²) >= 11 is 0. The number of hydrogen-bond donors (Lipinski definition) is 1. The number of aliphatic hydroxyl groups is 1. The van der Waals surface area contributed by atoms with Crippen LogP contribution in [-0.4, -0.2) is 11.2 Å². The summed E-state index contributed by atoms with van der Waals surface area (Å²) in [5.41, 5.74) is 5.32. The second-order valence-corrected chi connectivity index (χ2v) is 14.8. The molecule has 0 saturated heterocycles. The van der Waals surface area contributed by atoms with Gasteiger partial charge in [-0.05, 0) is 102 Å². The average Bonchev–Trinajstić information content (AvgIpc) is 2.67. The number of rotatable bonds is 0. The van der Waals surface area contributed by atoms with Crippen LogP contribution in [0.4, 0.5) is 0 Å². The number of fused-ring (bicyclic) bond motifs is 7. The van der Waals surface area contributed by atoms with E-state index in [1.54, 1.807) is 11.1 Å². The molecule has 0 amide bonds. The first-order chi connectivity index (χ1) is 14.2. The van der Waals surface area contributed by atoms with Crippen LogP contribution in [0.2, 0.25) is 0 Å². The third kappa shape index (κ3) is 2.71. The van der Waals surface area contributed by atoms with Gasteiger partial charge in [0.05, 0.1) is 6.10 Å². The molecule has 5 aliphatic carbocycles. The second-order valence-electron chi connectivity index (χ2n) is 14.8. The van der Waals surface area contributed by atoms with Gasteiger partial charge in [-0.3, -0.25) is 0 Å². The van der Waals surface area contributed by atoms with Gasteiger partial charge in [0.1, 0.15) is 0 Å². The molecule has 0 aromatic carbocycles. The van der Waals surface area contributed by atoms with Gasteiger partial charge < -0.3 is 5.11 Å². The highest BCUT2D eigenvalue weighted by Crippen LogP contribution is 2.74. The summed E-state index contributed by atoms with van der Waals surface area (Å²) < 4.78 is 0. The van der Waals surface area contributed by atoms with E-state index in [0.717, 1.165) is 18.8 Å². The maximum absolute atomic E-state index is 10.9. The quantitative estimate of drug-likeness (QED) is 0.416. The van der Waals surface area contributed by atoms with Crippen LogP contribution in [0.3, 0.4) is 0 Å². The van der Waals surface area contributed by atoms with E-state index >= 15 is 0 Å². The van der Waals surface area contributed by atoms with Gasteiger partial charge in [0.2, 0.25) is 0 Å². The Morgan fingerprint density at radius 1 is 0.742 bits per heavy atom. The van der Waals surface area contributed by atoms with Gasteiger partial charge in [0.25, 0.3) is 0 Å². The molecule has 174 valence electrons.